The fraction of sp³-hybridized carbons (Fsp3) is 0.538. The van der Waals surface area contributed by atoms with Gasteiger partial charge < -0.3 is 5.73 Å². The normalized spacial score (nSPS) is 12.6. The van der Waals surface area contributed by atoms with Crippen LogP contribution >= 0.6 is 0 Å². The molecule has 0 atom stereocenters. The summed E-state index contributed by atoms with van der Waals surface area (Å²) in [4.78, 5) is 0. The molecule has 0 heterocycles. The first-order valence-electron chi connectivity index (χ1n) is 6.00. The molecule has 1 aromatic rings. The van der Waals surface area contributed by atoms with Gasteiger partial charge in [0.1, 0.15) is 0 Å². The van der Waals surface area contributed by atoms with Crippen LogP contribution < -0.4 is 10.5 Å². The summed E-state index contributed by atoms with van der Waals surface area (Å²) in [6.45, 7) is 6.37. The van der Waals surface area contributed by atoms with Crippen molar-refractivity contribution in [2.45, 2.75) is 33.7 Å². The van der Waals surface area contributed by atoms with Crippen LogP contribution in [0, 0.1) is 5.41 Å². The van der Waals surface area contributed by atoms with Crippen LogP contribution in [0.3, 0.4) is 0 Å². The zero-order chi connectivity index (χ0) is 13.8. The van der Waals surface area contributed by atoms with Gasteiger partial charge in [-0.15, -0.1) is 0 Å². The summed E-state index contributed by atoms with van der Waals surface area (Å²) >= 11 is 0. The number of nitrogens with two attached hydrogens (primary N) is 1. The average molecular weight is 270 g/mol. The third-order valence-electron chi connectivity index (χ3n) is 2.57. The SMILES string of the molecule is CC(C)(C)CCS(=O)(=O)NCc1cccc(N)c1. The molecule has 0 bridgehead atoms. The van der Waals surface area contributed by atoms with Gasteiger partial charge in [-0.3, -0.25) is 0 Å². The Morgan fingerprint density at radius 1 is 1.28 bits per heavy atom. The second kappa shape index (κ2) is 5.71. The third kappa shape index (κ3) is 6.02. The van der Waals surface area contributed by atoms with Gasteiger partial charge >= 0.3 is 0 Å². The highest BCUT2D eigenvalue weighted by Crippen LogP contribution is 2.19. The van der Waals surface area contributed by atoms with Crippen molar-refractivity contribution < 1.29 is 8.42 Å². The summed E-state index contributed by atoms with van der Waals surface area (Å²) in [6, 6.07) is 7.21. The molecule has 1 aromatic carbocycles. The minimum absolute atomic E-state index is 0.0198. The Morgan fingerprint density at radius 3 is 2.50 bits per heavy atom. The Hall–Kier alpha value is -1.07. The number of nitrogens with one attached hydrogen (secondary N) is 1. The molecule has 0 aliphatic rings. The number of anilines is 1. The van der Waals surface area contributed by atoms with Gasteiger partial charge in [-0.25, -0.2) is 13.1 Å². The maximum atomic E-state index is 11.8. The first kappa shape index (κ1) is 15.0. The maximum absolute atomic E-state index is 11.8. The fourth-order valence-corrected chi connectivity index (χ4v) is 2.82. The van der Waals surface area contributed by atoms with Crippen LogP contribution in [0.25, 0.3) is 0 Å². The van der Waals surface area contributed by atoms with Crippen molar-refractivity contribution in [2.75, 3.05) is 11.5 Å². The highest BCUT2D eigenvalue weighted by atomic mass is 32.2. The molecule has 0 fully saturated rings. The van der Waals surface area contributed by atoms with Gasteiger partial charge in [0.2, 0.25) is 10.0 Å². The second-order valence-corrected chi connectivity index (χ2v) is 7.62. The first-order valence-corrected chi connectivity index (χ1v) is 7.65. The van der Waals surface area contributed by atoms with Crippen LogP contribution in [0.5, 0.6) is 0 Å². The molecule has 0 aliphatic carbocycles. The fourth-order valence-electron chi connectivity index (χ4n) is 1.41. The molecule has 0 saturated heterocycles. The first-order chi connectivity index (χ1) is 8.18. The van der Waals surface area contributed by atoms with E-state index in [0.717, 1.165) is 5.56 Å². The van der Waals surface area contributed by atoms with Crippen molar-refractivity contribution in [3.63, 3.8) is 0 Å². The Labute approximate surface area is 110 Å². The van der Waals surface area contributed by atoms with Gasteiger partial charge in [0.25, 0.3) is 0 Å². The van der Waals surface area contributed by atoms with E-state index in [1.54, 1.807) is 12.1 Å². The van der Waals surface area contributed by atoms with Crippen molar-refractivity contribution in [3.05, 3.63) is 29.8 Å². The lowest BCUT2D eigenvalue weighted by Crippen LogP contribution is -2.28. The van der Waals surface area contributed by atoms with E-state index < -0.39 is 10.0 Å². The van der Waals surface area contributed by atoms with E-state index in [9.17, 15) is 8.42 Å². The smallest absolute Gasteiger partial charge is 0.211 e. The molecule has 0 saturated carbocycles. The van der Waals surface area contributed by atoms with Gasteiger partial charge in [-0.1, -0.05) is 32.9 Å². The topological polar surface area (TPSA) is 72.2 Å². The minimum atomic E-state index is -3.22. The summed E-state index contributed by atoms with van der Waals surface area (Å²) in [6.07, 6.45) is 0.638. The zero-order valence-electron chi connectivity index (χ0n) is 11.2. The highest BCUT2D eigenvalue weighted by Gasteiger charge is 2.16. The Balaban J connectivity index is 2.52. The van der Waals surface area contributed by atoms with Crippen LogP contribution in [-0.4, -0.2) is 14.2 Å². The standard InChI is InChI=1S/C13H22N2O2S/c1-13(2,3)7-8-18(16,17)15-10-11-5-4-6-12(14)9-11/h4-6,9,15H,7-8,10,14H2,1-3H3. The Morgan fingerprint density at radius 2 is 1.94 bits per heavy atom. The van der Waals surface area contributed by atoms with Crippen LogP contribution in [0.15, 0.2) is 24.3 Å². The van der Waals surface area contributed by atoms with E-state index in [1.807, 2.05) is 32.9 Å². The molecule has 18 heavy (non-hydrogen) atoms. The second-order valence-electron chi connectivity index (χ2n) is 5.70. The van der Waals surface area contributed by atoms with Gasteiger partial charge in [-0.05, 0) is 29.5 Å². The summed E-state index contributed by atoms with van der Waals surface area (Å²) in [5, 5.41) is 0. The van der Waals surface area contributed by atoms with E-state index in [0.29, 0.717) is 12.1 Å². The molecular weight excluding hydrogens is 248 g/mol. The predicted octanol–water partition coefficient (Wildman–Crippen LogP) is 2.12. The molecule has 0 aliphatic heterocycles. The highest BCUT2D eigenvalue weighted by molar-refractivity contribution is 7.89. The molecule has 4 nitrogen and oxygen atoms in total. The van der Waals surface area contributed by atoms with Gasteiger partial charge in [0, 0.05) is 12.2 Å². The van der Waals surface area contributed by atoms with E-state index in [4.69, 9.17) is 5.73 Å². The number of rotatable bonds is 5. The number of sulfonamides is 1. The lowest BCUT2D eigenvalue weighted by Gasteiger charge is -2.17. The van der Waals surface area contributed by atoms with E-state index in [-0.39, 0.29) is 17.7 Å². The zero-order valence-corrected chi connectivity index (χ0v) is 12.0. The number of hydrogen-bond donors (Lipinski definition) is 2. The quantitative estimate of drug-likeness (QED) is 0.805. The molecule has 5 heteroatoms. The Kier molecular flexibility index (Phi) is 4.76. The van der Waals surface area contributed by atoms with Crippen molar-refractivity contribution >= 4 is 15.7 Å². The van der Waals surface area contributed by atoms with E-state index >= 15 is 0 Å². The summed E-state index contributed by atoms with van der Waals surface area (Å²) < 4.78 is 26.2. The lowest BCUT2D eigenvalue weighted by atomic mass is 9.94. The van der Waals surface area contributed by atoms with Gasteiger partial charge in [0.15, 0.2) is 0 Å². The molecule has 3 N–H and O–H groups in total. The van der Waals surface area contributed by atoms with E-state index in [1.165, 1.54) is 0 Å². The van der Waals surface area contributed by atoms with Gasteiger partial charge in [-0.2, -0.15) is 0 Å². The molecule has 1 rings (SSSR count). The van der Waals surface area contributed by atoms with Crippen LogP contribution in [0.1, 0.15) is 32.8 Å². The van der Waals surface area contributed by atoms with Crippen LogP contribution in [0.4, 0.5) is 5.69 Å². The van der Waals surface area contributed by atoms with Crippen LogP contribution in [-0.2, 0) is 16.6 Å². The number of nitrogen functional groups attached to an aromatic ring is 1. The summed E-state index contributed by atoms with van der Waals surface area (Å²) in [7, 11) is -3.22. The van der Waals surface area contributed by atoms with Gasteiger partial charge in [0.05, 0.1) is 5.75 Å². The molecule has 102 valence electrons. The summed E-state index contributed by atoms with van der Waals surface area (Å²) in [5.74, 6) is 0.152. The molecular formula is C13H22N2O2S. The number of hydrogen-bond acceptors (Lipinski definition) is 3. The molecule has 0 aromatic heterocycles. The molecule has 0 unspecified atom stereocenters. The largest absolute Gasteiger partial charge is 0.399 e. The van der Waals surface area contributed by atoms with Crippen molar-refractivity contribution in [3.8, 4) is 0 Å². The third-order valence-corrected chi connectivity index (χ3v) is 3.89. The van der Waals surface area contributed by atoms with E-state index in [2.05, 4.69) is 4.72 Å². The average Bonchev–Trinajstić information content (AvgIpc) is 2.24. The molecule has 0 spiro atoms. The van der Waals surface area contributed by atoms with Crippen molar-refractivity contribution in [1.29, 1.82) is 0 Å². The van der Waals surface area contributed by atoms with Crippen molar-refractivity contribution in [1.82, 2.24) is 4.72 Å². The predicted molar refractivity (Wildman–Crippen MR) is 75.6 cm³/mol. The monoisotopic (exact) mass is 270 g/mol. The van der Waals surface area contributed by atoms with Crippen LogP contribution in [0.2, 0.25) is 0 Å². The maximum Gasteiger partial charge on any atom is 0.211 e. The summed E-state index contributed by atoms with van der Waals surface area (Å²) in [5.41, 5.74) is 7.17. The molecule has 0 radical (unpaired) electrons. The molecule has 0 amide bonds. The minimum Gasteiger partial charge on any atom is -0.399 e. The van der Waals surface area contributed by atoms with Crippen molar-refractivity contribution in [2.24, 2.45) is 5.41 Å². The Bertz CT molecular complexity index is 490. The number of benzene rings is 1. The lowest BCUT2D eigenvalue weighted by molar-refractivity contribution is 0.396.